The summed E-state index contributed by atoms with van der Waals surface area (Å²) < 4.78 is 17.7. The van der Waals surface area contributed by atoms with Crippen LogP contribution >= 0.6 is 11.6 Å². The van der Waals surface area contributed by atoms with Crippen LogP contribution in [-0.2, 0) is 4.74 Å². The van der Waals surface area contributed by atoms with Crippen molar-refractivity contribution in [2.24, 2.45) is 0 Å². The fourth-order valence-electron chi connectivity index (χ4n) is 0.771. The molecule has 0 unspecified atom stereocenters. The minimum Gasteiger partial charge on any atom is -0.461 e. The molecule has 14 heavy (non-hydrogen) atoms. The maximum Gasteiger partial charge on any atom is 0.360 e. The van der Waals surface area contributed by atoms with Crippen LogP contribution in [-0.4, -0.2) is 22.5 Å². The second-order valence-corrected chi connectivity index (χ2v) is 2.60. The molecule has 0 aromatic carbocycles. The number of hydrogen-bond donors (Lipinski definition) is 1. The van der Waals surface area contributed by atoms with Gasteiger partial charge in [-0.3, -0.25) is 0 Å². The Labute approximate surface area is 84.0 Å². The van der Waals surface area contributed by atoms with Gasteiger partial charge >= 0.3 is 5.97 Å². The van der Waals surface area contributed by atoms with Crippen LogP contribution in [0.4, 0.5) is 10.2 Å². The Balaban J connectivity index is 3.13. The van der Waals surface area contributed by atoms with Gasteiger partial charge < -0.3 is 10.5 Å². The lowest BCUT2D eigenvalue weighted by molar-refractivity contribution is 0.0513. The molecule has 0 saturated carbocycles. The number of carbonyl (C=O) groups excluding carboxylic acids is 1. The van der Waals surface area contributed by atoms with Crippen LogP contribution in [0.15, 0.2) is 0 Å². The summed E-state index contributed by atoms with van der Waals surface area (Å²) in [5.74, 6) is -2.41. The minimum atomic E-state index is -1.02. The maximum atomic E-state index is 13.1. The Hall–Kier alpha value is -1.43. The fraction of sp³-hybridized carbons (Fsp3) is 0.286. The lowest BCUT2D eigenvalue weighted by Crippen LogP contribution is -2.13. The van der Waals surface area contributed by atoms with Crippen LogP contribution < -0.4 is 5.73 Å². The summed E-state index contributed by atoms with van der Waals surface area (Å²) in [5, 5.41) is -0.299. The second-order valence-electron chi connectivity index (χ2n) is 2.26. The largest absolute Gasteiger partial charge is 0.461 e. The number of nitrogen functional groups attached to an aromatic ring is 1. The van der Waals surface area contributed by atoms with Crippen molar-refractivity contribution in [3.8, 4) is 0 Å². The molecule has 0 saturated heterocycles. The van der Waals surface area contributed by atoms with Crippen molar-refractivity contribution in [1.29, 1.82) is 0 Å². The number of rotatable bonds is 2. The van der Waals surface area contributed by atoms with Gasteiger partial charge in [0.05, 0.1) is 6.61 Å². The van der Waals surface area contributed by atoms with Gasteiger partial charge in [0.2, 0.25) is 5.28 Å². The molecule has 0 amide bonds. The van der Waals surface area contributed by atoms with Crippen LogP contribution in [0.5, 0.6) is 0 Å². The van der Waals surface area contributed by atoms with Gasteiger partial charge in [0.25, 0.3) is 0 Å². The SMILES string of the molecule is CCOC(=O)c1nc(Cl)nc(N)c1F. The van der Waals surface area contributed by atoms with Gasteiger partial charge in [0.1, 0.15) is 0 Å². The number of carbonyl (C=O) groups is 1. The maximum absolute atomic E-state index is 13.1. The molecule has 0 radical (unpaired) electrons. The van der Waals surface area contributed by atoms with Crippen LogP contribution in [0.3, 0.4) is 0 Å². The fourth-order valence-corrected chi connectivity index (χ4v) is 0.946. The van der Waals surface area contributed by atoms with E-state index >= 15 is 0 Å². The van der Waals surface area contributed by atoms with E-state index in [0.717, 1.165) is 0 Å². The first-order valence-electron chi connectivity index (χ1n) is 3.72. The molecule has 2 N–H and O–H groups in total. The van der Waals surface area contributed by atoms with Gasteiger partial charge in [-0.05, 0) is 18.5 Å². The van der Waals surface area contributed by atoms with E-state index in [9.17, 15) is 9.18 Å². The molecule has 0 bridgehead atoms. The normalized spacial score (nSPS) is 9.93. The molecule has 0 aliphatic heterocycles. The van der Waals surface area contributed by atoms with E-state index < -0.39 is 23.3 Å². The third-order valence-corrected chi connectivity index (χ3v) is 1.49. The molecule has 5 nitrogen and oxygen atoms in total. The van der Waals surface area contributed by atoms with Gasteiger partial charge in [-0.1, -0.05) is 0 Å². The predicted molar refractivity (Wildman–Crippen MR) is 47.4 cm³/mol. The topological polar surface area (TPSA) is 78.1 Å². The third kappa shape index (κ3) is 2.08. The average Bonchev–Trinajstić information content (AvgIpc) is 2.11. The lowest BCUT2D eigenvalue weighted by atomic mass is 10.4. The molecule has 1 heterocycles. The van der Waals surface area contributed by atoms with Gasteiger partial charge in [-0.15, -0.1) is 0 Å². The Morgan fingerprint density at radius 2 is 2.29 bits per heavy atom. The van der Waals surface area contributed by atoms with E-state index in [1.807, 2.05) is 0 Å². The second kappa shape index (κ2) is 4.19. The molecule has 0 aliphatic rings. The molecule has 1 aromatic heterocycles. The summed E-state index contributed by atoms with van der Waals surface area (Å²) in [5.41, 5.74) is 4.59. The van der Waals surface area contributed by atoms with Gasteiger partial charge in [-0.25, -0.2) is 14.2 Å². The van der Waals surface area contributed by atoms with Gasteiger partial charge in [0, 0.05) is 0 Å². The van der Waals surface area contributed by atoms with E-state index in [4.69, 9.17) is 17.3 Å². The zero-order valence-corrected chi connectivity index (χ0v) is 8.01. The highest BCUT2D eigenvalue weighted by Gasteiger charge is 2.19. The molecular formula is C7H7ClFN3O2. The number of nitrogens with zero attached hydrogens (tertiary/aromatic N) is 2. The van der Waals surface area contributed by atoms with Crippen molar-refractivity contribution < 1.29 is 13.9 Å². The smallest absolute Gasteiger partial charge is 0.360 e. The zero-order chi connectivity index (χ0) is 10.7. The number of esters is 1. The minimum absolute atomic E-state index is 0.111. The van der Waals surface area contributed by atoms with Crippen molar-refractivity contribution in [3.05, 3.63) is 16.8 Å². The molecule has 1 rings (SSSR count). The summed E-state index contributed by atoms with van der Waals surface area (Å²) >= 11 is 5.39. The van der Waals surface area contributed by atoms with Crippen LogP contribution in [0.2, 0.25) is 5.28 Å². The molecule has 1 aromatic rings. The van der Waals surface area contributed by atoms with E-state index in [2.05, 4.69) is 14.7 Å². The van der Waals surface area contributed by atoms with E-state index in [1.165, 1.54) is 0 Å². The van der Waals surface area contributed by atoms with E-state index in [-0.39, 0.29) is 11.9 Å². The molecule has 0 fully saturated rings. The molecule has 0 spiro atoms. The number of halogens is 2. The Morgan fingerprint density at radius 1 is 1.64 bits per heavy atom. The van der Waals surface area contributed by atoms with Crippen LogP contribution in [0, 0.1) is 5.82 Å². The summed E-state index contributed by atoms with van der Waals surface area (Å²) in [6, 6.07) is 0. The molecule has 0 aliphatic carbocycles. The Bertz CT molecular complexity index is 372. The molecule has 76 valence electrons. The summed E-state index contributed by atoms with van der Waals surface area (Å²) in [6.45, 7) is 1.70. The summed E-state index contributed by atoms with van der Waals surface area (Å²) in [7, 11) is 0. The average molecular weight is 220 g/mol. The first-order chi connectivity index (χ1) is 6.56. The highest BCUT2D eigenvalue weighted by molar-refractivity contribution is 6.28. The van der Waals surface area contributed by atoms with Gasteiger partial charge in [-0.2, -0.15) is 4.98 Å². The quantitative estimate of drug-likeness (QED) is 0.594. The molecule has 0 atom stereocenters. The van der Waals surface area contributed by atoms with Crippen molar-refractivity contribution in [2.75, 3.05) is 12.3 Å². The number of ether oxygens (including phenoxy) is 1. The molecular weight excluding hydrogens is 213 g/mol. The van der Waals surface area contributed by atoms with Crippen LogP contribution in [0.1, 0.15) is 17.4 Å². The van der Waals surface area contributed by atoms with Crippen molar-refractivity contribution in [1.82, 2.24) is 9.97 Å². The van der Waals surface area contributed by atoms with Crippen molar-refractivity contribution in [2.45, 2.75) is 6.92 Å². The standard InChI is InChI=1S/C7H7ClFN3O2/c1-2-14-6(13)4-3(9)5(10)12-7(8)11-4/h2H2,1H3,(H2,10,11,12). The van der Waals surface area contributed by atoms with Crippen molar-refractivity contribution >= 4 is 23.4 Å². The third-order valence-electron chi connectivity index (χ3n) is 1.32. The monoisotopic (exact) mass is 219 g/mol. The number of nitrogens with two attached hydrogens (primary N) is 1. The molecule has 7 heteroatoms. The zero-order valence-electron chi connectivity index (χ0n) is 7.25. The summed E-state index contributed by atoms with van der Waals surface area (Å²) in [6.07, 6.45) is 0. The first-order valence-corrected chi connectivity index (χ1v) is 4.09. The van der Waals surface area contributed by atoms with E-state index in [0.29, 0.717) is 0 Å². The number of hydrogen-bond acceptors (Lipinski definition) is 5. The van der Waals surface area contributed by atoms with Crippen molar-refractivity contribution in [3.63, 3.8) is 0 Å². The first kappa shape index (κ1) is 10.6. The van der Waals surface area contributed by atoms with E-state index in [1.54, 1.807) is 6.92 Å². The Morgan fingerprint density at radius 3 is 2.86 bits per heavy atom. The number of anilines is 1. The lowest BCUT2D eigenvalue weighted by Gasteiger charge is -2.03. The number of aromatic nitrogens is 2. The summed E-state index contributed by atoms with van der Waals surface area (Å²) in [4.78, 5) is 17.8. The predicted octanol–water partition coefficient (Wildman–Crippen LogP) is 1.03. The highest BCUT2D eigenvalue weighted by atomic mass is 35.5. The van der Waals surface area contributed by atoms with Crippen LogP contribution in [0.25, 0.3) is 0 Å². The van der Waals surface area contributed by atoms with Gasteiger partial charge in [0.15, 0.2) is 17.3 Å². The highest BCUT2D eigenvalue weighted by Crippen LogP contribution is 2.14. The Kier molecular flexibility index (Phi) is 3.19.